The Morgan fingerprint density at radius 3 is 2.51 bits per heavy atom. The zero-order valence-electron chi connectivity index (χ0n) is 22.7. The molecule has 2 aliphatic heterocycles. The van der Waals surface area contributed by atoms with E-state index in [1.165, 1.54) is 11.3 Å². The van der Waals surface area contributed by atoms with Gasteiger partial charge >= 0.3 is 5.97 Å². The van der Waals surface area contributed by atoms with Crippen molar-refractivity contribution in [2.24, 2.45) is 4.99 Å². The van der Waals surface area contributed by atoms with E-state index >= 15 is 0 Å². The number of carbonyl (C=O) groups excluding carboxylic acids is 1. The Morgan fingerprint density at radius 2 is 1.83 bits per heavy atom. The second-order valence-electron chi connectivity index (χ2n) is 9.98. The molecule has 0 N–H and O–H groups in total. The molecule has 6 rings (SSSR count). The van der Waals surface area contributed by atoms with Gasteiger partial charge in [-0.2, -0.15) is 0 Å². The lowest BCUT2D eigenvalue weighted by atomic mass is 9.91. The molecule has 0 spiro atoms. The predicted octanol–water partition coefficient (Wildman–Crippen LogP) is 5.44. The number of thiazole rings is 1. The van der Waals surface area contributed by atoms with Gasteiger partial charge in [-0.3, -0.25) is 9.36 Å². The van der Waals surface area contributed by atoms with Gasteiger partial charge in [-0.05, 0) is 41.7 Å². The van der Waals surface area contributed by atoms with E-state index in [1.54, 1.807) is 29.7 Å². The zero-order chi connectivity index (χ0) is 28.7. The van der Waals surface area contributed by atoms with E-state index < -0.39 is 12.0 Å². The Labute approximate surface area is 245 Å². The van der Waals surface area contributed by atoms with E-state index in [2.05, 4.69) is 13.8 Å². The van der Waals surface area contributed by atoms with Crippen LogP contribution in [0.1, 0.15) is 55.0 Å². The van der Waals surface area contributed by atoms with Crippen LogP contribution in [0.2, 0.25) is 5.02 Å². The molecular formula is C32H27ClN2O5S. The summed E-state index contributed by atoms with van der Waals surface area (Å²) in [5, 5.41) is 0.429. The third-order valence-electron chi connectivity index (χ3n) is 7.07. The number of benzene rings is 3. The van der Waals surface area contributed by atoms with Crippen LogP contribution in [0.5, 0.6) is 11.5 Å². The summed E-state index contributed by atoms with van der Waals surface area (Å²) in [6, 6.07) is 20.2. The van der Waals surface area contributed by atoms with Crippen molar-refractivity contribution in [2.45, 2.75) is 32.7 Å². The molecule has 0 aliphatic carbocycles. The smallest absolute Gasteiger partial charge is 0.338 e. The second kappa shape index (κ2) is 11.0. The van der Waals surface area contributed by atoms with E-state index in [1.807, 2.05) is 54.6 Å². The third kappa shape index (κ3) is 4.98. The topological polar surface area (TPSA) is 79.1 Å². The van der Waals surface area contributed by atoms with Crippen molar-refractivity contribution in [1.29, 1.82) is 0 Å². The largest absolute Gasteiger partial charge is 0.463 e. The molecule has 0 bridgehead atoms. The van der Waals surface area contributed by atoms with Gasteiger partial charge in [-0.25, -0.2) is 9.79 Å². The number of hydrogen-bond acceptors (Lipinski definition) is 7. The molecule has 208 valence electrons. The lowest BCUT2D eigenvalue weighted by Gasteiger charge is -2.26. The van der Waals surface area contributed by atoms with Crippen LogP contribution in [0.15, 0.2) is 82.1 Å². The first-order chi connectivity index (χ1) is 19.9. The quantitative estimate of drug-likeness (QED) is 0.281. The van der Waals surface area contributed by atoms with E-state index in [9.17, 15) is 9.59 Å². The van der Waals surface area contributed by atoms with Gasteiger partial charge in [-0.15, -0.1) is 0 Å². The van der Waals surface area contributed by atoms with Gasteiger partial charge in [0.25, 0.3) is 5.56 Å². The molecule has 2 aliphatic rings. The highest BCUT2D eigenvalue weighted by molar-refractivity contribution is 7.07. The summed E-state index contributed by atoms with van der Waals surface area (Å²) in [6.07, 6.45) is 1.73. The maximum Gasteiger partial charge on any atom is 0.338 e. The molecule has 0 radical (unpaired) electrons. The highest BCUT2D eigenvalue weighted by Gasteiger charge is 2.35. The number of esters is 1. The number of hydrogen-bond donors (Lipinski definition) is 0. The summed E-state index contributed by atoms with van der Waals surface area (Å²) in [5.74, 6) is 0.941. The van der Waals surface area contributed by atoms with Crippen LogP contribution in [0.25, 0.3) is 11.8 Å². The maximum absolute atomic E-state index is 14.1. The predicted molar refractivity (Wildman–Crippen MR) is 159 cm³/mol. The van der Waals surface area contributed by atoms with Crippen LogP contribution in [0.4, 0.5) is 0 Å². The molecule has 3 heterocycles. The van der Waals surface area contributed by atoms with E-state index in [-0.39, 0.29) is 19.0 Å². The maximum atomic E-state index is 14.1. The summed E-state index contributed by atoms with van der Waals surface area (Å²) in [6.45, 7) is 6.31. The minimum Gasteiger partial charge on any atom is -0.463 e. The Bertz CT molecular complexity index is 1860. The SMILES string of the molecule is CCOC(=O)C1=C(c2ccccc2)N=c2s/c(=C\c3cc4c(cc3Cl)OCO4)c(=O)n2[C@H]1c1ccc(C(C)C)cc1. The number of aromatic nitrogens is 1. The molecule has 0 unspecified atom stereocenters. The number of ether oxygens (including phenoxy) is 3. The molecule has 7 nitrogen and oxygen atoms in total. The molecular weight excluding hydrogens is 560 g/mol. The van der Waals surface area contributed by atoms with Crippen LogP contribution in [-0.2, 0) is 9.53 Å². The fraction of sp³-hybridized carbons (Fsp3) is 0.219. The van der Waals surface area contributed by atoms with Crippen molar-refractivity contribution in [1.82, 2.24) is 4.57 Å². The van der Waals surface area contributed by atoms with Crippen molar-refractivity contribution >= 4 is 40.7 Å². The van der Waals surface area contributed by atoms with Gasteiger partial charge in [0, 0.05) is 11.6 Å². The van der Waals surface area contributed by atoms with Crippen LogP contribution < -0.4 is 24.4 Å². The Kier molecular flexibility index (Phi) is 7.28. The minimum absolute atomic E-state index is 0.117. The van der Waals surface area contributed by atoms with Gasteiger partial charge in [-0.1, -0.05) is 91.4 Å². The molecule has 4 aromatic rings. The van der Waals surface area contributed by atoms with E-state index in [0.717, 1.165) is 16.7 Å². The standard InChI is InChI=1S/C32H27ClN2O5S/c1-4-38-31(37)27-28(20-8-6-5-7-9-20)34-32-35(29(27)21-12-10-19(11-13-21)18(2)3)30(36)26(41-32)15-22-14-24-25(16-23(22)33)40-17-39-24/h5-16,18,29H,4,17H2,1-3H3/b26-15-/t29-/m0/s1. The van der Waals surface area contributed by atoms with Gasteiger partial charge in [0.05, 0.1) is 33.5 Å². The van der Waals surface area contributed by atoms with Gasteiger partial charge in [0.2, 0.25) is 6.79 Å². The first-order valence-electron chi connectivity index (χ1n) is 13.3. The van der Waals surface area contributed by atoms with Crippen LogP contribution in [0.3, 0.4) is 0 Å². The molecule has 1 aromatic heterocycles. The fourth-order valence-electron chi connectivity index (χ4n) is 5.00. The summed E-state index contributed by atoms with van der Waals surface area (Å²) in [7, 11) is 0. The molecule has 9 heteroatoms. The lowest BCUT2D eigenvalue weighted by molar-refractivity contribution is -0.138. The molecule has 41 heavy (non-hydrogen) atoms. The minimum atomic E-state index is -0.740. The first kappa shape index (κ1) is 27.1. The molecule has 3 aromatic carbocycles. The summed E-state index contributed by atoms with van der Waals surface area (Å²) in [5.41, 5.74) is 3.83. The molecule has 1 atom stereocenters. The summed E-state index contributed by atoms with van der Waals surface area (Å²) >= 11 is 7.78. The van der Waals surface area contributed by atoms with Crippen molar-refractivity contribution in [3.05, 3.63) is 119 Å². The van der Waals surface area contributed by atoms with Crippen LogP contribution in [0, 0.1) is 0 Å². The number of rotatable bonds is 6. The first-order valence-corrected chi connectivity index (χ1v) is 14.5. The van der Waals surface area contributed by atoms with Gasteiger partial charge in [0.15, 0.2) is 16.3 Å². The van der Waals surface area contributed by atoms with Crippen molar-refractivity contribution in [2.75, 3.05) is 13.4 Å². The Hall–Kier alpha value is -4.14. The van der Waals surface area contributed by atoms with Crippen molar-refractivity contribution in [3.63, 3.8) is 0 Å². The highest BCUT2D eigenvalue weighted by atomic mass is 35.5. The lowest BCUT2D eigenvalue weighted by Crippen LogP contribution is -2.40. The fourth-order valence-corrected chi connectivity index (χ4v) is 6.20. The Morgan fingerprint density at radius 1 is 1.12 bits per heavy atom. The van der Waals surface area contributed by atoms with E-state index in [0.29, 0.717) is 48.6 Å². The number of fused-ring (bicyclic) bond motifs is 2. The molecule has 0 saturated heterocycles. The third-order valence-corrected chi connectivity index (χ3v) is 8.38. The monoisotopic (exact) mass is 586 g/mol. The number of halogens is 1. The van der Waals surface area contributed by atoms with Gasteiger partial charge < -0.3 is 14.2 Å². The normalized spacial score (nSPS) is 16.1. The van der Waals surface area contributed by atoms with Crippen molar-refractivity contribution < 1.29 is 19.0 Å². The Balaban J connectivity index is 1.62. The van der Waals surface area contributed by atoms with Crippen LogP contribution in [-0.4, -0.2) is 23.9 Å². The zero-order valence-corrected chi connectivity index (χ0v) is 24.3. The van der Waals surface area contributed by atoms with Crippen LogP contribution >= 0.6 is 22.9 Å². The number of carbonyl (C=O) groups is 1. The molecule has 0 amide bonds. The molecule has 0 saturated carbocycles. The summed E-state index contributed by atoms with van der Waals surface area (Å²) < 4.78 is 18.5. The summed E-state index contributed by atoms with van der Waals surface area (Å²) in [4.78, 5) is 33.1. The molecule has 0 fully saturated rings. The highest BCUT2D eigenvalue weighted by Crippen LogP contribution is 2.38. The van der Waals surface area contributed by atoms with E-state index in [4.69, 9.17) is 30.8 Å². The number of nitrogens with zero attached hydrogens (tertiary/aromatic N) is 2. The van der Waals surface area contributed by atoms with Crippen molar-refractivity contribution in [3.8, 4) is 11.5 Å². The average Bonchev–Trinajstić information content (AvgIpc) is 3.56. The average molecular weight is 587 g/mol. The second-order valence-corrected chi connectivity index (χ2v) is 11.4. The van der Waals surface area contributed by atoms with Gasteiger partial charge in [0.1, 0.15) is 0 Å².